The summed E-state index contributed by atoms with van der Waals surface area (Å²) < 4.78 is 10.7. The van der Waals surface area contributed by atoms with Crippen LogP contribution in [0, 0.1) is 0 Å². The molecule has 3 aliphatic heterocycles. The van der Waals surface area contributed by atoms with Crippen molar-refractivity contribution < 1.29 is 23.9 Å². The first-order chi connectivity index (χ1) is 15.1. The summed E-state index contributed by atoms with van der Waals surface area (Å²) in [6.07, 6.45) is 1.10. The van der Waals surface area contributed by atoms with Crippen molar-refractivity contribution in [3.63, 3.8) is 0 Å². The average molecular weight is 421 g/mol. The molecule has 0 aliphatic carbocycles. The van der Waals surface area contributed by atoms with Gasteiger partial charge in [-0.05, 0) is 48.4 Å². The van der Waals surface area contributed by atoms with E-state index in [9.17, 15) is 14.4 Å². The van der Waals surface area contributed by atoms with Crippen molar-refractivity contribution in [2.24, 2.45) is 0 Å². The molecule has 0 saturated carbocycles. The highest BCUT2D eigenvalue weighted by molar-refractivity contribution is 6.00. The third kappa shape index (κ3) is 3.98. The number of carbonyl (C=O) groups is 3. The van der Waals surface area contributed by atoms with Gasteiger partial charge >= 0.3 is 0 Å². The molecule has 8 heteroatoms. The standard InChI is InChI=1S/C23H23N3O5/c27-19(16-1-4-18-15(11-16)3-6-22(28)24-18)13-25-7-9-26(10-8-25)23(29)17-2-5-20-21(12-17)31-14-30-20/h1-2,4-5,11-12H,3,6-10,13-14H2,(H,24,28). The van der Waals surface area contributed by atoms with Gasteiger partial charge in [-0.3, -0.25) is 19.3 Å². The third-order valence-corrected chi connectivity index (χ3v) is 5.97. The molecule has 2 aromatic carbocycles. The molecule has 0 unspecified atom stereocenters. The molecule has 31 heavy (non-hydrogen) atoms. The topological polar surface area (TPSA) is 88.2 Å². The molecule has 3 aliphatic rings. The maximum atomic E-state index is 12.8. The number of nitrogens with one attached hydrogen (secondary N) is 1. The van der Waals surface area contributed by atoms with Crippen molar-refractivity contribution >= 4 is 23.3 Å². The summed E-state index contributed by atoms with van der Waals surface area (Å²) in [5.41, 5.74) is 3.04. The van der Waals surface area contributed by atoms with Gasteiger partial charge < -0.3 is 19.7 Å². The first kappa shape index (κ1) is 19.6. The molecule has 1 saturated heterocycles. The van der Waals surface area contributed by atoms with E-state index in [1.165, 1.54) is 0 Å². The van der Waals surface area contributed by atoms with Gasteiger partial charge in [0.15, 0.2) is 17.3 Å². The Morgan fingerprint density at radius 2 is 1.68 bits per heavy atom. The Balaban J connectivity index is 1.17. The second-order valence-corrected chi connectivity index (χ2v) is 7.98. The summed E-state index contributed by atoms with van der Waals surface area (Å²) in [5.74, 6) is 1.28. The maximum absolute atomic E-state index is 12.8. The molecular formula is C23H23N3O5. The molecule has 5 rings (SSSR count). The lowest BCUT2D eigenvalue weighted by Gasteiger charge is -2.34. The number of nitrogens with zero attached hydrogens (tertiary/aromatic N) is 2. The number of rotatable bonds is 4. The molecule has 8 nitrogen and oxygen atoms in total. The third-order valence-electron chi connectivity index (χ3n) is 5.97. The van der Waals surface area contributed by atoms with Gasteiger partial charge in [0, 0.05) is 49.4 Å². The number of benzene rings is 2. The zero-order valence-electron chi connectivity index (χ0n) is 17.1. The smallest absolute Gasteiger partial charge is 0.254 e. The molecule has 1 N–H and O–H groups in total. The SMILES string of the molecule is O=C1CCc2cc(C(=O)CN3CCN(C(=O)c4ccc5c(c4)OCO5)CC3)ccc2N1. The van der Waals surface area contributed by atoms with Crippen molar-refractivity contribution in [1.29, 1.82) is 0 Å². The highest BCUT2D eigenvalue weighted by Crippen LogP contribution is 2.33. The predicted octanol–water partition coefficient (Wildman–Crippen LogP) is 1.94. The van der Waals surface area contributed by atoms with Crippen LogP contribution in [0.15, 0.2) is 36.4 Å². The van der Waals surface area contributed by atoms with E-state index in [0.717, 1.165) is 11.3 Å². The number of hydrogen-bond acceptors (Lipinski definition) is 6. The fraction of sp³-hybridized carbons (Fsp3) is 0.348. The van der Waals surface area contributed by atoms with Crippen LogP contribution in [-0.2, 0) is 11.2 Å². The molecular weight excluding hydrogens is 398 g/mol. The van der Waals surface area contributed by atoms with E-state index >= 15 is 0 Å². The molecule has 0 bridgehead atoms. The summed E-state index contributed by atoms with van der Waals surface area (Å²) >= 11 is 0. The Morgan fingerprint density at radius 3 is 2.52 bits per heavy atom. The van der Waals surface area contributed by atoms with Crippen LogP contribution in [0.2, 0.25) is 0 Å². The minimum atomic E-state index is -0.0407. The first-order valence-corrected chi connectivity index (χ1v) is 10.4. The number of piperazine rings is 1. The van der Waals surface area contributed by atoms with Crippen LogP contribution in [0.1, 0.15) is 32.7 Å². The van der Waals surface area contributed by atoms with E-state index in [1.54, 1.807) is 29.2 Å². The quantitative estimate of drug-likeness (QED) is 0.760. The number of carbonyl (C=O) groups excluding carboxylic acids is 3. The second-order valence-electron chi connectivity index (χ2n) is 7.98. The van der Waals surface area contributed by atoms with Crippen LogP contribution < -0.4 is 14.8 Å². The Kier molecular flexibility index (Phi) is 5.07. The Bertz CT molecular complexity index is 1060. The van der Waals surface area contributed by atoms with Crippen molar-refractivity contribution in [1.82, 2.24) is 9.80 Å². The Hall–Kier alpha value is -3.39. The van der Waals surface area contributed by atoms with Gasteiger partial charge in [0.2, 0.25) is 12.7 Å². The Labute approximate surface area is 179 Å². The largest absolute Gasteiger partial charge is 0.454 e. The van der Waals surface area contributed by atoms with Crippen molar-refractivity contribution in [2.75, 3.05) is 44.8 Å². The number of aryl methyl sites for hydroxylation is 1. The van der Waals surface area contributed by atoms with Crippen LogP contribution in [0.3, 0.4) is 0 Å². The molecule has 0 aromatic heterocycles. The van der Waals surface area contributed by atoms with E-state index in [2.05, 4.69) is 10.2 Å². The van der Waals surface area contributed by atoms with E-state index in [-0.39, 0.29) is 24.4 Å². The lowest BCUT2D eigenvalue weighted by Crippen LogP contribution is -2.49. The molecule has 160 valence electrons. The number of amides is 2. The summed E-state index contributed by atoms with van der Waals surface area (Å²) in [7, 11) is 0. The van der Waals surface area contributed by atoms with Crippen molar-refractivity contribution in [3.05, 3.63) is 53.1 Å². The minimum Gasteiger partial charge on any atom is -0.454 e. The fourth-order valence-corrected chi connectivity index (χ4v) is 4.17. The van der Waals surface area contributed by atoms with Gasteiger partial charge in [-0.15, -0.1) is 0 Å². The molecule has 0 radical (unpaired) electrons. The van der Waals surface area contributed by atoms with Gasteiger partial charge in [-0.25, -0.2) is 0 Å². The number of anilines is 1. The average Bonchev–Trinajstić information content (AvgIpc) is 3.26. The maximum Gasteiger partial charge on any atom is 0.254 e. The molecule has 1 fully saturated rings. The lowest BCUT2D eigenvalue weighted by atomic mass is 9.98. The monoisotopic (exact) mass is 421 g/mol. The van der Waals surface area contributed by atoms with E-state index in [0.29, 0.717) is 68.2 Å². The van der Waals surface area contributed by atoms with Crippen LogP contribution in [0.5, 0.6) is 11.5 Å². The zero-order valence-corrected chi connectivity index (χ0v) is 17.1. The molecule has 2 amide bonds. The molecule has 2 aromatic rings. The number of ether oxygens (including phenoxy) is 2. The molecule has 0 atom stereocenters. The van der Waals surface area contributed by atoms with Gasteiger partial charge in [-0.1, -0.05) is 0 Å². The second kappa shape index (κ2) is 8.03. The van der Waals surface area contributed by atoms with Gasteiger partial charge in [0.1, 0.15) is 0 Å². The summed E-state index contributed by atoms with van der Waals surface area (Å²) in [4.78, 5) is 41.0. The minimum absolute atomic E-state index is 0.0137. The number of hydrogen-bond donors (Lipinski definition) is 1. The van der Waals surface area contributed by atoms with Crippen molar-refractivity contribution in [3.8, 4) is 11.5 Å². The van der Waals surface area contributed by atoms with Gasteiger partial charge in [-0.2, -0.15) is 0 Å². The molecule has 0 spiro atoms. The van der Waals surface area contributed by atoms with E-state index in [1.807, 2.05) is 12.1 Å². The van der Waals surface area contributed by atoms with Crippen LogP contribution in [-0.4, -0.2) is 66.9 Å². The normalized spacial score (nSPS) is 17.8. The lowest BCUT2D eigenvalue weighted by molar-refractivity contribution is -0.116. The highest BCUT2D eigenvalue weighted by atomic mass is 16.7. The van der Waals surface area contributed by atoms with Gasteiger partial charge in [0.25, 0.3) is 5.91 Å². The zero-order chi connectivity index (χ0) is 21.4. The van der Waals surface area contributed by atoms with Crippen molar-refractivity contribution in [2.45, 2.75) is 12.8 Å². The van der Waals surface area contributed by atoms with E-state index in [4.69, 9.17) is 9.47 Å². The first-order valence-electron chi connectivity index (χ1n) is 10.4. The fourth-order valence-electron chi connectivity index (χ4n) is 4.17. The predicted molar refractivity (Wildman–Crippen MR) is 113 cm³/mol. The number of Topliss-reactive ketones (excluding diaryl/α,β-unsaturated/α-hetero) is 1. The number of ketones is 1. The summed E-state index contributed by atoms with van der Waals surface area (Å²) in [6, 6.07) is 10.7. The Morgan fingerprint density at radius 1 is 0.903 bits per heavy atom. The highest BCUT2D eigenvalue weighted by Gasteiger charge is 2.25. The van der Waals surface area contributed by atoms with E-state index < -0.39 is 0 Å². The van der Waals surface area contributed by atoms with Crippen LogP contribution in [0.4, 0.5) is 5.69 Å². The number of fused-ring (bicyclic) bond motifs is 2. The summed E-state index contributed by atoms with van der Waals surface area (Å²) in [6.45, 7) is 2.91. The van der Waals surface area contributed by atoms with Crippen LogP contribution in [0.25, 0.3) is 0 Å². The van der Waals surface area contributed by atoms with Crippen LogP contribution >= 0.6 is 0 Å². The molecule has 3 heterocycles. The van der Waals surface area contributed by atoms with Gasteiger partial charge in [0.05, 0.1) is 6.54 Å². The summed E-state index contributed by atoms with van der Waals surface area (Å²) in [5, 5.41) is 2.84.